The molecule has 0 spiro atoms. The second-order valence-electron chi connectivity index (χ2n) is 4.81. The monoisotopic (exact) mass is 284 g/mol. The Hall–Kier alpha value is -2.43. The van der Waals surface area contributed by atoms with Gasteiger partial charge in [0.2, 0.25) is 0 Å². The summed E-state index contributed by atoms with van der Waals surface area (Å²) in [6.07, 6.45) is 2.72. The summed E-state index contributed by atoms with van der Waals surface area (Å²) < 4.78 is 0. The molecule has 5 heteroatoms. The van der Waals surface area contributed by atoms with Crippen LogP contribution in [0, 0.1) is 6.92 Å². The lowest BCUT2D eigenvalue weighted by Gasteiger charge is -2.07. The third-order valence-electron chi connectivity index (χ3n) is 2.95. The number of aryl methyl sites for hydroxylation is 1. The van der Waals surface area contributed by atoms with Gasteiger partial charge in [-0.25, -0.2) is 4.98 Å². The van der Waals surface area contributed by atoms with Crippen LogP contribution in [-0.4, -0.2) is 22.4 Å². The number of pyridine rings is 2. The number of aromatic nitrogens is 2. The Morgan fingerprint density at radius 1 is 1.24 bits per heavy atom. The molecule has 0 aliphatic carbocycles. The van der Waals surface area contributed by atoms with Crippen LogP contribution in [0.2, 0.25) is 0 Å². The lowest BCUT2D eigenvalue weighted by Crippen LogP contribution is -2.24. The molecule has 0 aliphatic heterocycles. The molecule has 110 valence electrons. The van der Waals surface area contributed by atoms with E-state index in [1.807, 2.05) is 31.2 Å². The number of nitrogens with zero attached hydrogens (tertiary/aromatic N) is 2. The van der Waals surface area contributed by atoms with Gasteiger partial charge in [-0.1, -0.05) is 13.0 Å². The van der Waals surface area contributed by atoms with E-state index in [4.69, 9.17) is 0 Å². The Kier molecular flexibility index (Phi) is 5.26. The van der Waals surface area contributed by atoms with Crippen LogP contribution in [0.3, 0.4) is 0 Å². The van der Waals surface area contributed by atoms with Crippen molar-refractivity contribution in [1.82, 2.24) is 15.3 Å². The predicted molar refractivity (Wildman–Crippen MR) is 83.2 cm³/mol. The number of carbonyl (C=O) groups excluding carboxylic acids is 1. The first-order valence-corrected chi connectivity index (χ1v) is 7.09. The molecule has 0 saturated heterocycles. The first kappa shape index (κ1) is 15.0. The Morgan fingerprint density at radius 2 is 2.10 bits per heavy atom. The molecular formula is C16H20N4O. The number of carbonyl (C=O) groups is 1. The number of anilines is 1. The van der Waals surface area contributed by atoms with Gasteiger partial charge in [0.25, 0.3) is 5.91 Å². The number of nitrogens with one attached hydrogen (secondary N) is 2. The lowest BCUT2D eigenvalue weighted by atomic mass is 10.3. The molecule has 0 fully saturated rings. The molecule has 1 amide bonds. The molecule has 2 heterocycles. The number of hydrogen-bond acceptors (Lipinski definition) is 4. The number of hydrogen-bond donors (Lipinski definition) is 2. The van der Waals surface area contributed by atoms with Gasteiger partial charge >= 0.3 is 0 Å². The maximum Gasteiger partial charge on any atom is 0.270 e. The molecule has 0 unspecified atom stereocenters. The van der Waals surface area contributed by atoms with Gasteiger partial charge in [0.1, 0.15) is 5.69 Å². The summed E-state index contributed by atoms with van der Waals surface area (Å²) in [7, 11) is 0. The Labute approximate surface area is 124 Å². The van der Waals surface area contributed by atoms with Crippen LogP contribution in [-0.2, 0) is 6.54 Å². The zero-order valence-electron chi connectivity index (χ0n) is 12.4. The molecule has 2 aromatic heterocycles. The maximum atomic E-state index is 12.0. The van der Waals surface area contributed by atoms with Crippen molar-refractivity contribution in [2.45, 2.75) is 26.8 Å². The fourth-order valence-corrected chi connectivity index (χ4v) is 1.86. The van der Waals surface area contributed by atoms with Crippen molar-refractivity contribution in [3.8, 4) is 0 Å². The highest BCUT2D eigenvalue weighted by atomic mass is 16.1. The minimum atomic E-state index is -0.194. The minimum absolute atomic E-state index is 0.194. The first-order chi connectivity index (χ1) is 10.2. The molecule has 0 atom stereocenters. The van der Waals surface area contributed by atoms with Gasteiger partial charge in [0.05, 0.1) is 24.1 Å². The molecule has 21 heavy (non-hydrogen) atoms. The largest absolute Gasteiger partial charge is 0.384 e. The summed E-state index contributed by atoms with van der Waals surface area (Å²) in [5.41, 5.74) is 3.11. The molecule has 0 bridgehead atoms. The van der Waals surface area contributed by atoms with Gasteiger partial charge in [-0.3, -0.25) is 9.78 Å². The summed E-state index contributed by atoms with van der Waals surface area (Å²) in [6.45, 7) is 5.32. The van der Waals surface area contributed by atoms with Gasteiger partial charge in [-0.05, 0) is 37.6 Å². The maximum absolute atomic E-state index is 12.0. The fraction of sp³-hybridized carbons (Fsp3) is 0.312. The summed E-state index contributed by atoms with van der Waals surface area (Å²) in [5.74, 6) is -0.194. The van der Waals surface area contributed by atoms with Crippen LogP contribution in [0.1, 0.15) is 35.2 Å². The average molecular weight is 284 g/mol. The van der Waals surface area contributed by atoms with E-state index < -0.39 is 0 Å². The van der Waals surface area contributed by atoms with Gasteiger partial charge in [-0.15, -0.1) is 0 Å². The Bertz CT molecular complexity index is 595. The van der Waals surface area contributed by atoms with Crippen LogP contribution in [0.15, 0.2) is 36.5 Å². The third kappa shape index (κ3) is 4.56. The summed E-state index contributed by atoms with van der Waals surface area (Å²) >= 11 is 0. The van der Waals surface area contributed by atoms with E-state index in [1.54, 1.807) is 12.3 Å². The molecule has 2 N–H and O–H groups in total. The number of amides is 1. The molecule has 0 radical (unpaired) electrons. The third-order valence-corrected chi connectivity index (χ3v) is 2.95. The second kappa shape index (κ2) is 7.38. The van der Waals surface area contributed by atoms with Crippen LogP contribution in [0.25, 0.3) is 0 Å². The Morgan fingerprint density at radius 3 is 2.76 bits per heavy atom. The van der Waals surface area contributed by atoms with Crippen LogP contribution >= 0.6 is 0 Å². The molecule has 2 aromatic rings. The molecule has 5 nitrogen and oxygen atoms in total. The van der Waals surface area contributed by atoms with E-state index >= 15 is 0 Å². The minimum Gasteiger partial charge on any atom is -0.384 e. The van der Waals surface area contributed by atoms with E-state index in [-0.39, 0.29) is 5.91 Å². The first-order valence-electron chi connectivity index (χ1n) is 7.09. The smallest absolute Gasteiger partial charge is 0.270 e. The quantitative estimate of drug-likeness (QED) is 0.855. The van der Waals surface area contributed by atoms with E-state index in [1.165, 1.54) is 0 Å². The van der Waals surface area contributed by atoms with E-state index in [9.17, 15) is 4.79 Å². The highest BCUT2D eigenvalue weighted by Crippen LogP contribution is 2.06. The van der Waals surface area contributed by atoms with E-state index in [2.05, 4.69) is 27.5 Å². The number of rotatable bonds is 6. The zero-order chi connectivity index (χ0) is 15.1. The second-order valence-corrected chi connectivity index (χ2v) is 4.81. The Balaban J connectivity index is 1.91. The van der Waals surface area contributed by atoms with Gasteiger partial charge < -0.3 is 10.6 Å². The average Bonchev–Trinajstić information content (AvgIpc) is 2.51. The topological polar surface area (TPSA) is 66.9 Å². The van der Waals surface area contributed by atoms with Crippen LogP contribution in [0.4, 0.5) is 5.69 Å². The van der Waals surface area contributed by atoms with Gasteiger partial charge in [0.15, 0.2) is 0 Å². The summed E-state index contributed by atoms with van der Waals surface area (Å²) in [5, 5.41) is 6.04. The van der Waals surface area contributed by atoms with Gasteiger partial charge in [-0.2, -0.15) is 0 Å². The van der Waals surface area contributed by atoms with Crippen molar-refractivity contribution < 1.29 is 4.79 Å². The van der Waals surface area contributed by atoms with Gasteiger partial charge in [0, 0.05) is 12.2 Å². The molecule has 0 saturated carbocycles. The zero-order valence-corrected chi connectivity index (χ0v) is 12.4. The molecule has 0 aromatic carbocycles. The normalized spacial score (nSPS) is 10.2. The van der Waals surface area contributed by atoms with Crippen molar-refractivity contribution in [2.75, 3.05) is 11.9 Å². The molecular weight excluding hydrogens is 264 g/mol. The summed E-state index contributed by atoms with van der Waals surface area (Å²) in [6, 6.07) is 9.32. The lowest BCUT2D eigenvalue weighted by molar-refractivity contribution is 0.0945. The van der Waals surface area contributed by atoms with Crippen molar-refractivity contribution >= 4 is 11.6 Å². The van der Waals surface area contributed by atoms with Crippen molar-refractivity contribution in [3.05, 3.63) is 53.6 Å². The van der Waals surface area contributed by atoms with Crippen LogP contribution < -0.4 is 10.6 Å². The van der Waals surface area contributed by atoms with Crippen LogP contribution in [0.5, 0.6) is 0 Å². The van der Waals surface area contributed by atoms with E-state index in [0.717, 1.165) is 30.0 Å². The summed E-state index contributed by atoms with van der Waals surface area (Å²) in [4.78, 5) is 20.5. The fourth-order valence-electron chi connectivity index (χ4n) is 1.86. The van der Waals surface area contributed by atoms with E-state index in [0.29, 0.717) is 12.2 Å². The van der Waals surface area contributed by atoms with Crippen molar-refractivity contribution in [2.24, 2.45) is 0 Å². The van der Waals surface area contributed by atoms with Crippen molar-refractivity contribution in [3.63, 3.8) is 0 Å². The highest BCUT2D eigenvalue weighted by molar-refractivity contribution is 5.92. The highest BCUT2D eigenvalue weighted by Gasteiger charge is 2.07. The molecule has 0 aliphatic rings. The standard InChI is InChI=1S/C16H20N4O/c1-3-9-17-13-7-8-15(18-10-13)16(21)19-11-14-6-4-5-12(2)20-14/h4-8,10,17H,3,9,11H2,1-2H3,(H,19,21). The molecule has 2 rings (SSSR count). The SMILES string of the molecule is CCCNc1ccc(C(=O)NCc2cccc(C)n2)nc1. The predicted octanol–water partition coefficient (Wildman–Crippen LogP) is 2.54. The van der Waals surface area contributed by atoms with Crippen molar-refractivity contribution in [1.29, 1.82) is 0 Å².